The largest absolute Gasteiger partial charge is 0.461 e. The van der Waals surface area contributed by atoms with Crippen LogP contribution in [0.1, 0.15) is 33.4 Å². The van der Waals surface area contributed by atoms with Crippen molar-refractivity contribution >= 4 is 43.5 Å². The summed E-state index contributed by atoms with van der Waals surface area (Å²) in [6.45, 7) is 7.10. The van der Waals surface area contributed by atoms with Gasteiger partial charge in [-0.3, -0.25) is 0 Å². The second-order valence-corrected chi connectivity index (χ2v) is 7.63. The average Bonchev–Trinajstić information content (AvgIpc) is 3.00. The predicted molar refractivity (Wildman–Crippen MR) is 98.5 cm³/mol. The molecule has 0 aliphatic rings. The van der Waals surface area contributed by atoms with E-state index in [1.54, 1.807) is 11.3 Å². The second kappa shape index (κ2) is 6.49. The zero-order valence-electron chi connectivity index (χ0n) is 13.4. The van der Waals surface area contributed by atoms with E-state index in [1.165, 1.54) is 10.4 Å². The van der Waals surface area contributed by atoms with E-state index in [0.29, 0.717) is 18.8 Å². The van der Waals surface area contributed by atoms with Crippen molar-refractivity contribution in [2.24, 2.45) is 0 Å². The van der Waals surface area contributed by atoms with Crippen molar-refractivity contribution in [2.75, 3.05) is 6.61 Å². The summed E-state index contributed by atoms with van der Waals surface area (Å²) in [5, 5.41) is 0. The average molecular weight is 392 g/mol. The number of esters is 1. The zero-order valence-corrected chi connectivity index (χ0v) is 15.8. The first-order chi connectivity index (χ1) is 11.0. The highest BCUT2D eigenvalue weighted by Crippen LogP contribution is 2.34. The van der Waals surface area contributed by atoms with Crippen LogP contribution in [0, 0.1) is 13.8 Å². The smallest absolute Gasteiger partial charge is 0.355 e. The molecule has 0 radical (unpaired) electrons. The molecule has 0 saturated heterocycles. The summed E-state index contributed by atoms with van der Waals surface area (Å²) >= 11 is 5.18. The lowest BCUT2D eigenvalue weighted by molar-refractivity contribution is 0.0515. The van der Waals surface area contributed by atoms with Gasteiger partial charge in [-0.2, -0.15) is 0 Å². The van der Waals surface area contributed by atoms with Crippen molar-refractivity contribution in [1.29, 1.82) is 0 Å². The molecular weight excluding hydrogens is 374 g/mol. The zero-order chi connectivity index (χ0) is 16.6. The fourth-order valence-corrected chi connectivity index (χ4v) is 4.08. The van der Waals surface area contributed by atoms with Crippen molar-refractivity contribution in [3.63, 3.8) is 0 Å². The van der Waals surface area contributed by atoms with E-state index in [9.17, 15) is 4.79 Å². The molecule has 1 aromatic carbocycles. The van der Waals surface area contributed by atoms with Gasteiger partial charge in [-0.15, -0.1) is 11.3 Å². The number of ether oxygens (including phenoxy) is 1. The molecule has 23 heavy (non-hydrogen) atoms. The lowest BCUT2D eigenvalue weighted by atomic mass is 10.2. The molecule has 120 valence electrons. The van der Waals surface area contributed by atoms with Crippen molar-refractivity contribution in [3.05, 3.63) is 56.5 Å². The number of thiophene rings is 1. The summed E-state index contributed by atoms with van der Waals surface area (Å²) in [5.74, 6) is -0.259. The Morgan fingerprint density at radius 2 is 1.96 bits per heavy atom. The normalized spacial score (nSPS) is 11.1. The number of benzene rings is 1. The third-order valence-corrected chi connectivity index (χ3v) is 5.62. The van der Waals surface area contributed by atoms with Crippen molar-refractivity contribution < 1.29 is 9.53 Å². The minimum atomic E-state index is -0.259. The monoisotopic (exact) mass is 391 g/mol. The number of halogens is 1. The molecule has 2 aromatic heterocycles. The maximum absolute atomic E-state index is 12.3. The first-order valence-corrected chi connectivity index (χ1v) is 9.13. The number of hydrogen-bond donors (Lipinski definition) is 0. The second-order valence-electron chi connectivity index (χ2n) is 5.46. The van der Waals surface area contributed by atoms with E-state index in [1.807, 2.05) is 25.1 Å². The van der Waals surface area contributed by atoms with E-state index in [2.05, 4.69) is 46.5 Å². The highest BCUT2D eigenvalue weighted by Gasteiger charge is 2.20. The van der Waals surface area contributed by atoms with Crippen LogP contribution in [0.4, 0.5) is 0 Å². The van der Waals surface area contributed by atoms with Gasteiger partial charge >= 0.3 is 5.97 Å². The van der Waals surface area contributed by atoms with Gasteiger partial charge in [0.05, 0.1) is 16.8 Å². The third kappa shape index (κ3) is 3.08. The molecule has 3 aromatic rings. The quantitative estimate of drug-likeness (QED) is 0.564. The number of carbonyl (C=O) groups excluding carboxylic acids is 1. The van der Waals surface area contributed by atoms with E-state index in [-0.39, 0.29) is 5.97 Å². The van der Waals surface area contributed by atoms with Gasteiger partial charge in [-0.1, -0.05) is 28.1 Å². The topological polar surface area (TPSA) is 31.2 Å². The standard InChI is InChI=1S/C18H18BrNO2S/c1-4-22-18(21)15-9-16-17(11(2)12(3)23-16)20(15)10-13-5-7-14(19)8-6-13/h5-9H,4,10H2,1-3H3. The van der Waals surface area contributed by atoms with E-state index in [0.717, 1.165) is 20.3 Å². The molecule has 0 N–H and O–H groups in total. The molecule has 3 nitrogen and oxygen atoms in total. The van der Waals surface area contributed by atoms with Gasteiger partial charge in [0.2, 0.25) is 0 Å². The third-order valence-electron chi connectivity index (χ3n) is 3.95. The summed E-state index contributed by atoms with van der Waals surface area (Å²) in [4.78, 5) is 13.6. The van der Waals surface area contributed by atoms with Gasteiger partial charge < -0.3 is 9.30 Å². The number of hydrogen-bond acceptors (Lipinski definition) is 3. The number of nitrogens with zero attached hydrogens (tertiary/aromatic N) is 1. The predicted octanol–water partition coefficient (Wildman–Crippen LogP) is 5.31. The van der Waals surface area contributed by atoms with Gasteiger partial charge in [0.25, 0.3) is 0 Å². The Bertz CT molecular complexity index is 861. The van der Waals surface area contributed by atoms with Crippen LogP contribution >= 0.6 is 27.3 Å². The minimum absolute atomic E-state index is 0.259. The molecule has 5 heteroatoms. The van der Waals surface area contributed by atoms with Gasteiger partial charge in [0.15, 0.2) is 0 Å². The SMILES string of the molecule is CCOC(=O)c1cc2sc(C)c(C)c2n1Cc1ccc(Br)cc1. The Morgan fingerprint density at radius 1 is 1.26 bits per heavy atom. The summed E-state index contributed by atoms with van der Waals surface area (Å²) in [7, 11) is 0. The molecule has 0 unspecified atom stereocenters. The van der Waals surface area contributed by atoms with Crippen molar-refractivity contribution in [1.82, 2.24) is 4.57 Å². The molecule has 0 saturated carbocycles. The van der Waals surface area contributed by atoms with Crippen LogP contribution in [-0.4, -0.2) is 17.1 Å². The fraction of sp³-hybridized carbons (Fsp3) is 0.278. The molecule has 0 atom stereocenters. The molecule has 2 heterocycles. The molecule has 0 bridgehead atoms. The number of fused-ring (bicyclic) bond motifs is 1. The fourth-order valence-electron chi connectivity index (χ4n) is 2.71. The van der Waals surface area contributed by atoms with Crippen LogP contribution in [0.25, 0.3) is 10.2 Å². The van der Waals surface area contributed by atoms with Gasteiger partial charge in [0, 0.05) is 15.9 Å². The van der Waals surface area contributed by atoms with Crippen molar-refractivity contribution in [2.45, 2.75) is 27.3 Å². The van der Waals surface area contributed by atoms with Crippen LogP contribution in [0.15, 0.2) is 34.8 Å². The molecule has 0 fully saturated rings. The Kier molecular flexibility index (Phi) is 4.60. The molecular formula is C18H18BrNO2S. The summed E-state index contributed by atoms with van der Waals surface area (Å²) in [5.41, 5.74) is 4.15. The molecule has 0 aliphatic carbocycles. The van der Waals surface area contributed by atoms with Crippen LogP contribution in [-0.2, 0) is 11.3 Å². The van der Waals surface area contributed by atoms with Gasteiger partial charge in [-0.25, -0.2) is 4.79 Å². The van der Waals surface area contributed by atoms with Crippen LogP contribution in [0.5, 0.6) is 0 Å². The highest BCUT2D eigenvalue weighted by atomic mass is 79.9. The maximum Gasteiger partial charge on any atom is 0.355 e. The number of aromatic nitrogens is 1. The Balaban J connectivity index is 2.12. The molecule has 3 rings (SSSR count). The number of rotatable bonds is 4. The highest BCUT2D eigenvalue weighted by molar-refractivity contribution is 9.10. The van der Waals surface area contributed by atoms with Crippen molar-refractivity contribution in [3.8, 4) is 0 Å². The van der Waals surface area contributed by atoms with Crippen LogP contribution < -0.4 is 0 Å². The Labute approximate surface area is 148 Å². The molecule has 0 aliphatic heterocycles. The molecule has 0 spiro atoms. The number of aryl methyl sites for hydroxylation is 2. The van der Waals surface area contributed by atoms with E-state index >= 15 is 0 Å². The number of carbonyl (C=O) groups is 1. The minimum Gasteiger partial charge on any atom is -0.461 e. The van der Waals surface area contributed by atoms with Gasteiger partial charge in [-0.05, 0) is 50.1 Å². The first kappa shape index (κ1) is 16.3. The van der Waals surface area contributed by atoms with Crippen LogP contribution in [0.3, 0.4) is 0 Å². The Hall–Kier alpha value is -1.59. The summed E-state index contributed by atoms with van der Waals surface area (Å²) < 4.78 is 9.50. The molecule has 0 amide bonds. The van der Waals surface area contributed by atoms with Gasteiger partial charge in [0.1, 0.15) is 5.69 Å². The van der Waals surface area contributed by atoms with Crippen LogP contribution in [0.2, 0.25) is 0 Å². The Morgan fingerprint density at radius 3 is 2.61 bits per heavy atom. The van der Waals surface area contributed by atoms with E-state index in [4.69, 9.17) is 4.74 Å². The lowest BCUT2D eigenvalue weighted by Gasteiger charge is -2.11. The van der Waals surface area contributed by atoms with E-state index < -0.39 is 0 Å². The maximum atomic E-state index is 12.3. The lowest BCUT2D eigenvalue weighted by Crippen LogP contribution is -2.13. The first-order valence-electron chi connectivity index (χ1n) is 7.52. The summed E-state index contributed by atoms with van der Waals surface area (Å²) in [6, 6.07) is 10.1. The summed E-state index contributed by atoms with van der Waals surface area (Å²) in [6.07, 6.45) is 0.